The zero-order chi connectivity index (χ0) is 11.2. The quantitative estimate of drug-likeness (QED) is 0.850. The minimum Gasteiger partial charge on any atom is -0.383 e. The molecule has 82 valence electrons. The number of anilines is 1. The van der Waals surface area contributed by atoms with E-state index in [2.05, 4.69) is 10.3 Å². The number of pyridine rings is 1. The van der Waals surface area contributed by atoms with E-state index in [-0.39, 0.29) is 5.82 Å². The summed E-state index contributed by atoms with van der Waals surface area (Å²) in [5.74, 6) is -0.143. The summed E-state index contributed by atoms with van der Waals surface area (Å²) < 4.78 is 13.3. The van der Waals surface area contributed by atoms with Crippen LogP contribution in [0.4, 0.5) is 10.1 Å². The van der Waals surface area contributed by atoms with Crippen LogP contribution < -0.4 is 5.32 Å². The molecule has 0 radical (unpaired) electrons. The molecule has 2 aromatic rings. The van der Waals surface area contributed by atoms with Gasteiger partial charge in [0.2, 0.25) is 0 Å². The average Bonchev–Trinajstić information content (AvgIpc) is 2.33. The molecule has 2 rings (SSSR count). The molecule has 0 amide bonds. The first-order valence-corrected chi connectivity index (χ1v) is 5.23. The first kappa shape index (κ1) is 10.6. The van der Waals surface area contributed by atoms with Gasteiger partial charge in [-0.05, 0) is 30.2 Å². The second-order valence-electron chi connectivity index (χ2n) is 3.51. The first-order valence-electron chi connectivity index (χ1n) is 5.23. The van der Waals surface area contributed by atoms with Crippen molar-refractivity contribution >= 4 is 5.69 Å². The lowest BCUT2D eigenvalue weighted by molar-refractivity contribution is 0.610. The average molecular weight is 216 g/mol. The number of halogens is 1. The van der Waals surface area contributed by atoms with Gasteiger partial charge in [-0.2, -0.15) is 0 Å². The zero-order valence-corrected chi connectivity index (χ0v) is 8.86. The maximum absolute atomic E-state index is 13.3. The van der Waals surface area contributed by atoms with Crippen molar-refractivity contribution < 1.29 is 4.39 Å². The molecule has 2 nitrogen and oxygen atoms in total. The van der Waals surface area contributed by atoms with Crippen molar-refractivity contribution in [3.05, 3.63) is 60.2 Å². The van der Waals surface area contributed by atoms with Crippen LogP contribution in [0.15, 0.2) is 48.8 Å². The first-order chi connectivity index (χ1) is 7.86. The van der Waals surface area contributed by atoms with Gasteiger partial charge in [0.05, 0.1) is 5.69 Å². The van der Waals surface area contributed by atoms with Gasteiger partial charge in [-0.15, -0.1) is 0 Å². The molecule has 1 N–H and O–H groups in total. The molecule has 1 heterocycles. The Morgan fingerprint density at radius 1 is 1.12 bits per heavy atom. The highest BCUT2D eigenvalue weighted by Crippen LogP contribution is 2.08. The SMILES string of the molecule is Fc1ccccc1CCNc1cccnc1. The Kier molecular flexibility index (Phi) is 3.49. The van der Waals surface area contributed by atoms with E-state index in [1.54, 1.807) is 24.5 Å². The fourth-order valence-corrected chi connectivity index (χ4v) is 1.51. The molecule has 16 heavy (non-hydrogen) atoms. The molecule has 0 aliphatic heterocycles. The van der Waals surface area contributed by atoms with E-state index in [0.717, 1.165) is 11.3 Å². The van der Waals surface area contributed by atoms with Crippen LogP contribution in [-0.4, -0.2) is 11.5 Å². The highest BCUT2D eigenvalue weighted by atomic mass is 19.1. The predicted octanol–water partition coefficient (Wildman–Crippen LogP) is 2.88. The van der Waals surface area contributed by atoms with E-state index in [0.29, 0.717) is 13.0 Å². The van der Waals surface area contributed by atoms with Gasteiger partial charge in [0.1, 0.15) is 5.82 Å². The van der Waals surface area contributed by atoms with Crippen LogP contribution in [0.1, 0.15) is 5.56 Å². The lowest BCUT2D eigenvalue weighted by Gasteiger charge is -2.06. The normalized spacial score (nSPS) is 10.1. The van der Waals surface area contributed by atoms with Gasteiger partial charge >= 0.3 is 0 Å². The van der Waals surface area contributed by atoms with Crippen molar-refractivity contribution in [3.63, 3.8) is 0 Å². The molecule has 0 aliphatic carbocycles. The summed E-state index contributed by atoms with van der Waals surface area (Å²) in [6.07, 6.45) is 4.14. The molecule has 0 fully saturated rings. The molecular weight excluding hydrogens is 203 g/mol. The van der Waals surface area contributed by atoms with Crippen molar-refractivity contribution in [1.82, 2.24) is 4.98 Å². The Morgan fingerprint density at radius 3 is 2.75 bits per heavy atom. The van der Waals surface area contributed by atoms with Gasteiger partial charge in [0.15, 0.2) is 0 Å². The number of hydrogen-bond donors (Lipinski definition) is 1. The van der Waals surface area contributed by atoms with Crippen LogP contribution in [0.25, 0.3) is 0 Å². The van der Waals surface area contributed by atoms with Crippen LogP contribution >= 0.6 is 0 Å². The van der Waals surface area contributed by atoms with Crippen molar-refractivity contribution in [2.24, 2.45) is 0 Å². The number of benzene rings is 1. The van der Waals surface area contributed by atoms with Gasteiger partial charge in [0, 0.05) is 18.9 Å². The highest BCUT2D eigenvalue weighted by Gasteiger charge is 1.99. The van der Waals surface area contributed by atoms with E-state index in [1.807, 2.05) is 18.2 Å². The largest absolute Gasteiger partial charge is 0.383 e. The van der Waals surface area contributed by atoms with E-state index in [9.17, 15) is 4.39 Å². The summed E-state index contributed by atoms with van der Waals surface area (Å²) in [7, 11) is 0. The Balaban J connectivity index is 1.87. The fourth-order valence-electron chi connectivity index (χ4n) is 1.51. The predicted molar refractivity (Wildman–Crippen MR) is 62.8 cm³/mol. The molecule has 1 aromatic carbocycles. The van der Waals surface area contributed by atoms with Crippen molar-refractivity contribution in [1.29, 1.82) is 0 Å². The molecule has 0 atom stereocenters. The Bertz CT molecular complexity index is 443. The topological polar surface area (TPSA) is 24.9 Å². The number of hydrogen-bond acceptors (Lipinski definition) is 2. The lowest BCUT2D eigenvalue weighted by Crippen LogP contribution is -2.06. The lowest BCUT2D eigenvalue weighted by atomic mass is 10.1. The van der Waals surface area contributed by atoms with Crippen LogP contribution in [-0.2, 0) is 6.42 Å². The highest BCUT2D eigenvalue weighted by molar-refractivity contribution is 5.39. The molecule has 3 heteroatoms. The van der Waals surface area contributed by atoms with Crippen LogP contribution in [0.3, 0.4) is 0 Å². The van der Waals surface area contributed by atoms with Crippen LogP contribution in [0.5, 0.6) is 0 Å². The Hall–Kier alpha value is -1.90. The van der Waals surface area contributed by atoms with Gasteiger partial charge in [-0.25, -0.2) is 4.39 Å². The molecule has 0 spiro atoms. The molecule has 0 saturated heterocycles. The Labute approximate surface area is 94.2 Å². The maximum atomic E-state index is 13.3. The minimum atomic E-state index is -0.143. The standard InChI is InChI=1S/C13H13FN2/c14-13-6-2-1-4-11(13)7-9-16-12-5-3-8-15-10-12/h1-6,8,10,16H,7,9H2. The van der Waals surface area contributed by atoms with Crippen LogP contribution in [0.2, 0.25) is 0 Å². The van der Waals surface area contributed by atoms with Gasteiger partial charge in [-0.1, -0.05) is 18.2 Å². The summed E-state index contributed by atoms with van der Waals surface area (Å²) in [4.78, 5) is 3.99. The van der Waals surface area contributed by atoms with Gasteiger partial charge in [0.25, 0.3) is 0 Å². The fraction of sp³-hybridized carbons (Fsp3) is 0.154. The maximum Gasteiger partial charge on any atom is 0.126 e. The second kappa shape index (κ2) is 5.26. The van der Waals surface area contributed by atoms with Gasteiger partial charge in [-0.3, -0.25) is 4.98 Å². The summed E-state index contributed by atoms with van der Waals surface area (Å²) in [5, 5.41) is 3.19. The molecule has 0 aliphatic rings. The second-order valence-corrected chi connectivity index (χ2v) is 3.51. The number of nitrogens with one attached hydrogen (secondary N) is 1. The van der Waals surface area contributed by atoms with Gasteiger partial charge < -0.3 is 5.32 Å². The molecule has 0 saturated carbocycles. The van der Waals surface area contributed by atoms with Crippen molar-refractivity contribution in [3.8, 4) is 0 Å². The Morgan fingerprint density at radius 2 is 2.00 bits per heavy atom. The summed E-state index contributed by atoms with van der Waals surface area (Å²) >= 11 is 0. The number of rotatable bonds is 4. The molecule has 1 aromatic heterocycles. The minimum absolute atomic E-state index is 0.143. The van der Waals surface area contributed by atoms with Crippen molar-refractivity contribution in [2.45, 2.75) is 6.42 Å². The third kappa shape index (κ3) is 2.79. The zero-order valence-electron chi connectivity index (χ0n) is 8.86. The summed E-state index contributed by atoms with van der Waals surface area (Å²) in [5.41, 5.74) is 1.69. The molecule has 0 bridgehead atoms. The summed E-state index contributed by atoms with van der Waals surface area (Å²) in [6.45, 7) is 0.701. The van der Waals surface area contributed by atoms with Crippen molar-refractivity contribution in [2.75, 3.05) is 11.9 Å². The summed E-state index contributed by atoms with van der Waals surface area (Å²) in [6, 6.07) is 10.6. The van der Waals surface area contributed by atoms with E-state index in [4.69, 9.17) is 0 Å². The molecular formula is C13H13FN2. The van der Waals surface area contributed by atoms with E-state index >= 15 is 0 Å². The smallest absolute Gasteiger partial charge is 0.126 e. The third-order valence-electron chi connectivity index (χ3n) is 2.34. The monoisotopic (exact) mass is 216 g/mol. The molecule has 0 unspecified atom stereocenters. The number of aromatic nitrogens is 1. The van der Waals surface area contributed by atoms with E-state index in [1.165, 1.54) is 6.07 Å². The van der Waals surface area contributed by atoms with E-state index < -0.39 is 0 Å². The number of nitrogens with zero attached hydrogens (tertiary/aromatic N) is 1. The third-order valence-corrected chi connectivity index (χ3v) is 2.34. The van der Waals surface area contributed by atoms with Crippen LogP contribution in [0, 0.1) is 5.82 Å².